The van der Waals surface area contributed by atoms with E-state index in [0.717, 1.165) is 18.1 Å². The molecule has 2 nitrogen and oxygen atoms in total. The number of nitrogens with one attached hydrogen (secondary N) is 1. The number of hydrogen-bond donors (Lipinski definition) is 1. The van der Waals surface area contributed by atoms with Crippen molar-refractivity contribution in [1.29, 1.82) is 0 Å². The summed E-state index contributed by atoms with van der Waals surface area (Å²) in [7, 11) is 0. The van der Waals surface area contributed by atoms with Crippen molar-refractivity contribution in [2.45, 2.75) is 13.3 Å². The number of imidazole rings is 1. The van der Waals surface area contributed by atoms with Gasteiger partial charge in [0.2, 0.25) is 0 Å². The quantitative estimate of drug-likeness (QED) is 0.737. The fourth-order valence-electron chi connectivity index (χ4n) is 2.05. The summed E-state index contributed by atoms with van der Waals surface area (Å²) < 4.78 is 26.7. The molecule has 0 fully saturated rings. The predicted molar refractivity (Wildman–Crippen MR) is 70.8 cm³/mol. The predicted octanol–water partition coefficient (Wildman–Crippen LogP) is 4.07. The van der Waals surface area contributed by atoms with Crippen LogP contribution in [-0.2, 0) is 6.42 Å². The Balaban J connectivity index is 2.12. The van der Waals surface area contributed by atoms with Crippen molar-refractivity contribution >= 4 is 11.0 Å². The van der Waals surface area contributed by atoms with Crippen LogP contribution in [0, 0.1) is 11.6 Å². The molecule has 0 unspecified atom stereocenters. The van der Waals surface area contributed by atoms with Gasteiger partial charge >= 0.3 is 0 Å². The topological polar surface area (TPSA) is 28.7 Å². The Hall–Kier alpha value is -2.23. The van der Waals surface area contributed by atoms with Crippen molar-refractivity contribution in [2.24, 2.45) is 0 Å². The molecule has 0 aliphatic carbocycles. The van der Waals surface area contributed by atoms with Gasteiger partial charge in [-0.15, -0.1) is 0 Å². The highest BCUT2D eigenvalue weighted by Gasteiger charge is 2.12. The highest BCUT2D eigenvalue weighted by molar-refractivity contribution is 5.80. The molecule has 3 aromatic rings. The molecule has 0 amide bonds. The van der Waals surface area contributed by atoms with E-state index in [1.54, 1.807) is 0 Å². The third-order valence-electron chi connectivity index (χ3n) is 3.18. The fourth-order valence-corrected chi connectivity index (χ4v) is 2.05. The molecule has 96 valence electrons. The number of hydrogen-bond acceptors (Lipinski definition) is 1. The molecular weight excluding hydrogens is 246 g/mol. The van der Waals surface area contributed by atoms with Crippen LogP contribution in [0.25, 0.3) is 22.4 Å². The minimum atomic E-state index is -0.912. The van der Waals surface area contributed by atoms with Gasteiger partial charge < -0.3 is 4.98 Å². The highest BCUT2D eigenvalue weighted by atomic mass is 19.2. The van der Waals surface area contributed by atoms with E-state index in [4.69, 9.17) is 0 Å². The van der Waals surface area contributed by atoms with Gasteiger partial charge in [0.1, 0.15) is 11.3 Å². The van der Waals surface area contributed by atoms with Gasteiger partial charge in [0.15, 0.2) is 11.6 Å². The minimum Gasteiger partial charge on any atom is -0.338 e. The Morgan fingerprint density at radius 1 is 1.05 bits per heavy atom. The van der Waals surface area contributed by atoms with Crippen LogP contribution >= 0.6 is 0 Å². The largest absolute Gasteiger partial charge is 0.338 e. The van der Waals surface area contributed by atoms with Crippen LogP contribution in [0.5, 0.6) is 0 Å². The first-order valence-corrected chi connectivity index (χ1v) is 6.12. The zero-order valence-corrected chi connectivity index (χ0v) is 10.4. The molecule has 0 saturated heterocycles. The summed E-state index contributed by atoms with van der Waals surface area (Å²) in [5, 5.41) is 0. The van der Waals surface area contributed by atoms with Gasteiger partial charge in [-0.3, -0.25) is 0 Å². The monoisotopic (exact) mass is 258 g/mol. The lowest BCUT2D eigenvalue weighted by Gasteiger charge is -1.98. The van der Waals surface area contributed by atoms with Crippen LogP contribution in [-0.4, -0.2) is 9.97 Å². The number of aromatic amines is 1. The average molecular weight is 258 g/mol. The summed E-state index contributed by atoms with van der Waals surface area (Å²) in [4.78, 5) is 7.13. The lowest BCUT2D eigenvalue weighted by Crippen LogP contribution is -1.85. The molecule has 3 rings (SSSR count). The molecular formula is C15H12F2N2. The average Bonchev–Trinajstić information content (AvgIpc) is 2.88. The van der Waals surface area contributed by atoms with Gasteiger partial charge in [0, 0.05) is 5.56 Å². The van der Waals surface area contributed by atoms with E-state index >= 15 is 0 Å². The SMILES string of the molecule is CCc1ccc(-c2nc3c(F)c(F)ccc3[nH]2)cc1. The maximum absolute atomic E-state index is 13.6. The zero-order valence-electron chi connectivity index (χ0n) is 10.4. The molecule has 4 heteroatoms. The Morgan fingerprint density at radius 3 is 2.47 bits per heavy atom. The number of aryl methyl sites for hydroxylation is 1. The molecule has 1 N–H and O–H groups in total. The molecule has 19 heavy (non-hydrogen) atoms. The lowest BCUT2D eigenvalue weighted by molar-refractivity contribution is 0.515. The van der Waals surface area contributed by atoms with Crippen molar-refractivity contribution in [2.75, 3.05) is 0 Å². The first-order valence-electron chi connectivity index (χ1n) is 6.12. The Bertz CT molecular complexity index is 730. The van der Waals surface area contributed by atoms with E-state index in [2.05, 4.69) is 16.9 Å². The smallest absolute Gasteiger partial charge is 0.186 e. The van der Waals surface area contributed by atoms with Crippen LogP contribution in [0.15, 0.2) is 36.4 Å². The summed E-state index contributed by atoms with van der Waals surface area (Å²) in [6.07, 6.45) is 0.959. The van der Waals surface area contributed by atoms with Crippen molar-refractivity contribution in [3.05, 3.63) is 53.6 Å². The second-order valence-corrected chi connectivity index (χ2v) is 4.39. The van der Waals surface area contributed by atoms with Gasteiger partial charge in [-0.2, -0.15) is 0 Å². The lowest BCUT2D eigenvalue weighted by atomic mass is 10.1. The van der Waals surface area contributed by atoms with E-state index < -0.39 is 11.6 Å². The number of halogens is 2. The van der Waals surface area contributed by atoms with E-state index in [0.29, 0.717) is 11.3 Å². The molecule has 2 aromatic carbocycles. The first-order chi connectivity index (χ1) is 9.19. The van der Waals surface area contributed by atoms with E-state index in [-0.39, 0.29) is 5.52 Å². The summed E-state index contributed by atoms with van der Waals surface area (Å²) in [5.74, 6) is -1.25. The van der Waals surface area contributed by atoms with Gasteiger partial charge in [-0.05, 0) is 24.1 Å². The Kier molecular flexibility index (Phi) is 2.78. The van der Waals surface area contributed by atoms with Crippen molar-refractivity contribution in [1.82, 2.24) is 9.97 Å². The van der Waals surface area contributed by atoms with Crippen LogP contribution in [0.4, 0.5) is 8.78 Å². The minimum absolute atomic E-state index is 0.0366. The molecule has 0 aliphatic heterocycles. The van der Waals surface area contributed by atoms with Gasteiger partial charge in [0.05, 0.1) is 5.52 Å². The molecule has 1 heterocycles. The fraction of sp³-hybridized carbons (Fsp3) is 0.133. The Morgan fingerprint density at radius 2 is 1.79 bits per heavy atom. The van der Waals surface area contributed by atoms with Crippen LogP contribution in [0.1, 0.15) is 12.5 Å². The number of fused-ring (bicyclic) bond motifs is 1. The number of rotatable bonds is 2. The summed E-state index contributed by atoms with van der Waals surface area (Å²) in [5.41, 5.74) is 2.60. The van der Waals surface area contributed by atoms with E-state index in [1.807, 2.05) is 24.3 Å². The molecule has 1 aromatic heterocycles. The van der Waals surface area contributed by atoms with Gasteiger partial charge in [-0.1, -0.05) is 31.2 Å². The van der Waals surface area contributed by atoms with Crippen LogP contribution in [0.2, 0.25) is 0 Å². The van der Waals surface area contributed by atoms with Crippen molar-refractivity contribution in [3.63, 3.8) is 0 Å². The van der Waals surface area contributed by atoms with E-state index in [1.165, 1.54) is 11.6 Å². The number of nitrogens with zero attached hydrogens (tertiary/aromatic N) is 1. The van der Waals surface area contributed by atoms with Crippen LogP contribution in [0.3, 0.4) is 0 Å². The second-order valence-electron chi connectivity index (χ2n) is 4.39. The molecule has 0 aliphatic rings. The number of benzene rings is 2. The van der Waals surface area contributed by atoms with Gasteiger partial charge in [0.25, 0.3) is 0 Å². The zero-order chi connectivity index (χ0) is 13.4. The second kappa shape index (κ2) is 4.46. The van der Waals surface area contributed by atoms with Crippen LogP contribution < -0.4 is 0 Å². The molecule has 0 radical (unpaired) electrons. The Labute approximate surface area is 109 Å². The van der Waals surface area contributed by atoms with E-state index in [9.17, 15) is 8.78 Å². The maximum atomic E-state index is 13.6. The maximum Gasteiger partial charge on any atom is 0.186 e. The van der Waals surface area contributed by atoms with Crippen molar-refractivity contribution in [3.8, 4) is 11.4 Å². The molecule has 0 spiro atoms. The normalized spacial score (nSPS) is 11.1. The summed E-state index contributed by atoms with van der Waals surface area (Å²) in [6.45, 7) is 2.08. The number of H-pyrrole nitrogens is 1. The third kappa shape index (κ3) is 1.99. The van der Waals surface area contributed by atoms with Crippen molar-refractivity contribution < 1.29 is 8.78 Å². The third-order valence-corrected chi connectivity index (χ3v) is 3.18. The number of aromatic nitrogens is 2. The summed E-state index contributed by atoms with van der Waals surface area (Å²) >= 11 is 0. The highest BCUT2D eigenvalue weighted by Crippen LogP contribution is 2.23. The standard InChI is InChI=1S/C15H12F2N2/c1-2-9-3-5-10(6-4-9)15-18-12-8-7-11(16)13(17)14(12)19-15/h3-8H,2H2,1H3,(H,18,19). The molecule has 0 saturated carbocycles. The first kappa shape index (κ1) is 11.8. The molecule has 0 atom stereocenters. The molecule has 0 bridgehead atoms. The van der Waals surface area contributed by atoms with Gasteiger partial charge in [-0.25, -0.2) is 13.8 Å². The summed E-state index contributed by atoms with van der Waals surface area (Å²) in [6, 6.07) is 10.4.